The molecule has 92 valence electrons. The molecule has 0 aromatic heterocycles. The third-order valence-electron chi connectivity index (χ3n) is 3.08. The Bertz CT molecular complexity index is 237. The van der Waals surface area contributed by atoms with Gasteiger partial charge < -0.3 is 19.3 Å². The summed E-state index contributed by atoms with van der Waals surface area (Å²) in [5.74, 6) is -0.248. The van der Waals surface area contributed by atoms with E-state index in [1.807, 2.05) is 0 Å². The second kappa shape index (κ2) is 5.61. The molecular weight excluding hydrogens is 212 g/mol. The molecule has 0 saturated carbocycles. The topological polar surface area (TPSA) is 65.0 Å². The average molecular weight is 230 g/mol. The van der Waals surface area contributed by atoms with Crippen LogP contribution in [0.4, 0.5) is 0 Å². The zero-order valence-corrected chi connectivity index (χ0v) is 9.26. The Labute approximate surface area is 94.7 Å². The lowest BCUT2D eigenvalue weighted by Crippen LogP contribution is -2.22. The summed E-state index contributed by atoms with van der Waals surface area (Å²) in [4.78, 5) is 10.5. The van der Waals surface area contributed by atoms with Gasteiger partial charge in [-0.2, -0.15) is 0 Å². The van der Waals surface area contributed by atoms with Crippen LogP contribution in [0.3, 0.4) is 0 Å². The maximum atomic E-state index is 10.5. The summed E-state index contributed by atoms with van der Waals surface area (Å²) >= 11 is 0. The second-order valence-electron chi connectivity index (χ2n) is 4.41. The van der Waals surface area contributed by atoms with E-state index in [1.165, 1.54) is 0 Å². The molecule has 0 spiro atoms. The molecule has 0 bridgehead atoms. The lowest BCUT2D eigenvalue weighted by atomic mass is 9.96. The molecule has 0 aromatic rings. The molecule has 2 atom stereocenters. The Morgan fingerprint density at radius 2 is 2.06 bits per heavy atom. The highest BCUT2D eigenvalue weighted by molar-refractivity contribution is 5.67. The number of carboxylic acid groups (broad SMARTS) is 1. The van der Waals surface area contributed by atoms with Gasteiger partial charge in [-0.1, -0.05) is 0 Å². The number of aliphatic carboxylic acids is 1. The molecule has 5 heteroatoms. The number of hydrogen-bond acceptors (Lipinski definition) is 4. The van der Waals surface area contributed by atoms with Crippen molar-refractivity contribution in [2.24, 2.45) is 5.92 Å². The lowest BCUT2D eigenvalue weighted by Gasteiger charge is -2.23. The highest BCUT2D eigenvalue weighted by Gasteiger charge is 2.30. The molecule has 2 aliphatic rings. The summed E-state index contributed by atoms with van der Waals surface area (Å²) in [6.07, 6.45) is 2.50. The standard InChI is InChI=1S/C11H18O5/c12-10(13)6-9-7-15-11(16-9)5-8-1-3-14-4-2-8/h8-9,11H,1-7H2,(H,12,13). The van der Waals surface area contributed by atoms with E-state index < -0.39 is 5.97 Å². The van der Waals surface area contributed by atoms with Gasteiger partial charge in [0.15, 0.2) is 6.29 Å². The van der Waals surface area contributed by atoms with Gasteiger partial charge in [0.05, 0.1) is 19.1 Å². The van der Waals surface area contributed by atoms with E-state index in [4.69, 9.17) is 19.3 Å². The molecular formula is C11H18O5. The smallest absolute Gasteiger partial charge is 0.306 e. The number of rotatable bonds is 4. The molecule has 0 radical (unpaired) electrons. The minimum Gasteiger partial charge on any atom is -0.481 e. The highest BCUT2D eigenvalue weighted by Crippen LogP contribution is 2.26. The van der Waals surface area contributed by atoms with Crippen LogP contribution in [-0.4, -0.2) is 43.3 Å². The van der Waals surface area contributed by atoms with E-state index in [0.29, 0.717) is 12.5 Å². The zero-order chi connectivity index (χ0) is 11.4. The van der Waals surface area contributed by atoms with E-state index in [1.54, 1.807) is 0 Å². The zero-order valence-electron chi connectivity index (χ0n) is 9.26. The SMILES string of the molecule is O=C(O)CC1COC(CC2CCOCC2)O1. The molecule has 0 amide bonds. The fourth-order valence-electron chi connectivity index (χ4n) is 2.19. The molecule has 2 unspecified atom stereocenters. The lowest BCUT2D eigenvalue weighted by molar-refractivity contribution is -0.140. The Morgan fingerprint density at radius 1 is 1.31 bits per heavy atom. The van der Waals surface area contributed by atoms with Crippen LogP contribution in [0.15, 0.2) is 0 Å². The highest BCUT2D eigenvalue weighted by atomic mass is 16.7. The first-order chi connectivity index (χ1) is 7.74. The first-order valence-electron chi connectivity index (χ1n) is 5.80. The fraction of sp³-hybridized carbons (Fsp3) is 0.909. The third kappa shape index (κ3) is 3.43. The van der Waals surface area contributed by atoms with Crippen LogP contribution in [0.2, 0.25) is 0 Å². The van der Waals surface area contributed by atoms with Crippen LogP contribution in [0, 0.1) is 5.92 Å². The predicted octanol–water partition coefficient (Wildman–Crippen LogP) is 1.02. The van der Waals surface area contributed by atoms with Crippen LogP contribution >= 0.6 is 0 Å². The molecule has 1 N–H and O–H groups in total. The first-order valence-corrected chi connectivity index (χ1v) is 5.80. The molecule has 2 heterocycles. The van der Waals surface area contributed by atoms with Crippen molar-refractivity contribution >= 4 is 5.97 Å². The molecule has 2 fully saturated rings. The quantitative estimate of drug-likeness (QED) is 0.781. The molecule has 2 rings (SSSR count). The van der Waals surface area contributed by atoms with Gasteiger partial charge in [0.25, 0.3) is 0 Å². The summed E-state index contributed by atoms with van der Waals surface area (Å²) in [6, 6.07) is 0. The van der Waals surface area contributed by atoms with Gasteiger partial charge in [0.2, 0.25) is 0 Å². The Morgan fingerprint density at radius 3 is 2.75 bits per heavy atom. The average Bonchev–Trinajstić information content (AvgIpc) is 2.66. The van der Waals surface area contributed by atoms with Crippen molar-refractivity contribution in [1.29, 1.82) is 0 Å². The van der Waals surface area contributed by atoms with Crippen molar-refractivity contribution < 1.29 is 24.1 Å². The van der Waals surface area contributed by atoms with E-state index in [9.17, 15) is 4.79 Å². The number of carbonyl (C=O) groups is 1. The molecule has 2 saturated heterocycles. The van der Waals surface area contributed by atoms with Crippen LogP contribution in [-0.2, 0) is 19.0 Å². The van der Waals surface area contributed by atoms with Gasteiger partial charge in [-0.05, 0) is 18.8 Å². The second-order valence-corrected chi connectivity index (χ2v) is 4.41. The van der Waals surface area contributed by atoms with Gasteiger partial charge in [0.1, 0.15) is 0 Å². The summed E-state index contributed by atoms with van der Waals surface area (Å²) < 4.78 is 16.3. The van der Waals surface area contributed by atoms with Gasteiger partial charge in [0, 0.05) is 19.6 Å². The molecule has 0 aromatic carbocycles. The van der Waals surface area contributed by atoms with Crippen molar-refractivity contribution in [3.05, 3.63) is 0 Å². The van der Waals surface area contributed by atoms with Crippen LogP contribution in [0.25, 0.3) is 0 Å². The van der Waals surface area contributed by atoms with Crippen molar-refractivity contribution in [2.45, 2.75) is 38.1 Å². The van der Waals surface area contributed by atoms with Crippen molar-refractivity contribution in [3.63, 3.8) is 0 Å². The van der Waals surface area contributed by atoms with Crippen LogP contribution in [0.1, 0.15) is 25.7 Å². The maximum Gasteiger partial charge on any atom is 0.306 e. The minimum absolute atomic E-state index is 0.0320. The molecule has 5 nitrogen and oxygen atoms in total. The van der Waals surface area contributed by atoms with E-state index in [2.05, 4.69) is 0 Å². The van der Waals surface area contributed by atoms with Gasteiger partial charge in [-0.3, -0.25) is 4.79 Å². The minimum atomic E-state index is -0.833. The van der Waals surface area contributed by atoms with Crippen molar-refractivity contribution in [2.75, 3.05) is 19.8 Å². The largest absolute Gasteiger partial charge is 0.481 e. The maximum absolute atomic E-state index is 10.5. The van der Waals surface area contributed by atoms with E-state index in [-0.39, 0.29) is 18.8 Å². The molecule has 0 aliphatic carbocycles. The summed E-state index contributed by atoms with van der Waals surface area (Å²) in [7, 11) is 0. The summed E-state index contributed by atoms with van der Waals surface area (Å²) in [6.45, 7) is 2.03. The van der Waals surface area contributed by atoms with Gasteiger partial charge in [-0.15, -0.1) is 0 Å². The number of ether oxygens (including phenoxy) is 3. The number of carboxylic acids is 1. The van der Waals surface area contributed by atoms with Gasteiger partial charge >= 0.3 is 5.97 Å². The first kappa shape index (κ1) is 11.8. The summed E-state index contributed by atoms with van der Waals surface area (Å²) in [5.41, 5.74) is 0. The summed E-state index contributed by atoms with van der Waals surface area (Å²) in [5, 5.41) is 8.63. The molecule has 2 aliphatic heterocycles. The van der Waals surface area contributed by atoms with E-state index >= 15 is 0 Å². The third-order valence-corrected chi connectivity index (χ3v) is 3.08. The Balaban J connectivity index is 1.69. The fourth-order valence-corrected chi connectivity index (χ4v) is 2.19. The normalized spacial score (nSPS) is 31.8. The Hall–Kier alpha value is -0.650. The predicted molar refractivity (Wildman–Crippen MR) is 55.0 cm³/mol. The Kier molecular flexibility index (Phi) is 4.15. The molecule has 16 heavy (non-hydrogen) atoms. The van der Waals surface area contributed by atoms with Crippen molar-refractivity contribution in [1.82, 2.24) is 0 Å². The number of hydrogen-bond donors (Lipinski definition) is 1. The van der Waals surface area contributed by atoms with Crippen molar-refractivity contribution in [3.8, 4) is 0 Å². The monoisotopic (exact) mass is 230 g/mol. The van der Waals surface area contributed by atoms with Crippen LogP contribution < -0.4 is 0 Å². The van der Waals surface area contributed by atoms with Gasteiger partial charge in [-0.25, -0.2) is 0 Å². The van der Waals surface area contributed by atoms with E-state index in [0.717, 1.165) is 32.5 Å². The van der Waals surface area contributed by atoms with Crippen LogP contribution in [0.5, 0.6) is 0 Å².